The molecule has 1 aromatic carbocycles. The summed E-state index contributed by atoms with van der Waals surface area (Å²) in [6.07, 6.45) is 4.76. The van der Waals surface area contributed by atoms with Gasteiger partial charge in [0.2, 0.25) is 5.91 Å². The summed E-state index contributed by atoms with van der Waals surface area (Å²) < 4.78 is 13.1. The first kappa shape index (κ1) is 30.4. The first-order chi connectivity index (χ1) is 19.9. The number of hydrogen-bond acceptors (Lipinski definition) is 9. The summed E-state index contributed by atoms with van der Waals surface area (Å²) >= 11 is 0. The quantitative estimate of drug-likeness (QED) is 0.277. The highest BCUT2D eigenvalue weighted by Crippen LogP contribution is 2.39. The number of aromatic nitrogens is 4. The van der Waals surface area contributed by atoms with Crippen LogP contribution in [0.4, 0.5) is 10.5 Å². The smallest absolute Gasteiger partial charge is 0.410 e. The molecule has 2 aromatic heterocycles. The average molecular weight is 580 g/mol. The molecule has 13 heteroatoms. The molecule has 0 aliphatic carbocycles. The van der Waals surface area contributed by atoms with Gasteiger partial charge < -0.3 is 20.1 Å². The zero-order valence-corrected chi connectivity index (χ0v) is 24.6. The number of nitro benzene ring substituents is 1. The molecule has 1 saturated heterocycles. The Morgan fingerprint density at radius 1 is 1.14 bits per heavy atom. The highest BCUT2D eigenvalue weighted by molar-refractivity contribution is 5.96. The summed E-state index contributed by atoms with van der Waals surface area (Å²) in [6, 6.07) is 4.52. The van der Waals surface area contributed by atoms with Crippen LogP contribution in [-0.2, 0) is 11.3 Å². The van der Waals surface area contributed by atoms with Crippen LogP contribution in [0.25, 0.3) is 22.6 Å². The Kier molecular flexibility index (Phi) is 9.08. The van der Waals surface area contributed by atoms with E-state index < -0.39 is 16.4 Å². The Morgan fingerprint density at radius 2 is 1.81 bits per heavy atom. The van der Waals surface area contributed by atoms with Crippen LogP contribution in [0, 0.1) is 23.0 Å². The third-order valence-electron chi connectivity index (χ3n) is 6.99. The van der Waals surface area contributed by atoms with Crippen molar-refractivity contribution in [2.45, 2.75) is 66.0 Å². The van der Waals surface area contributed by atoms with Crippen LogP contribution in [0.5, 0.6) is 5.75 Å². The van der Waals surface area contributed by atoms with Gasteiger partial charge >= 0.3 is 11.8 Å². The van der Waals surface area contributed by atoms with Gasteiger partial charge in [0.1, 0.15) is 11.3 Å². The van der Waals surface area contributed by atoms with Crippen LogP contribution < -0.4 is 10.5 Å². The van der Waals surface area contributed by atoms with E-state index in [1.54, 1.807) is 9.58 Å². The number of carbonyl (C=O) groups is 2. The minimum atomic E-state index is -0.745. The van der Waals surface area contributed by atoms with Crippen molar-refractivity contribution in [2.75, 3.05) is 19.7 Å². The molecule has 1 aliphatic rings. The van der Waals surface area contributed by atoms with Gasteiger partial charge in [-0.05, 0) is 71.9 Å². The standard InChI is InChI=1S/C29H37N7O6/c1-6-35-23(13-18(2)33-35)27-31-16-21(17-32-27)22-14-20(26(30)37)15-24(25(22)36(39)40)41-12-9-19-7-10-34(11-8-19)28(38)42-29(3,4)5/h13-17,19H,6-12H2,1-5H3,(H2,30,37). The molecule has 4 rings (SSSR count). The molecule has 224 valence electrons. The van der Waals surface area contributed by atoms with Gasteiger partial charge in [-0.3, -0.25) is 19.6 Å². The molecule has 2 amide bonds. The summed E-state index contributed by atoms with van der Waals surface area (Å²) in [5.41, 5.74) is 6.79. The van der Waals surface area contributed by atoms with Crippen molar-refractivity contribution < 1.29 is 24.0 Å². The maximum Gasteiger partial charge on any atom is 0.410 e. The summed E-state index contributed by atoms with van der Waals surface area (Å²) in [5.74, 6) is -0.113. The maximum absolute atomic E-state index is 12.3. The number of hydrogen-bond donors (Lipinski definition) is 1. The SMILES string of the molecule is CCn1nc(C)cc1-c1ncc(-c2cc(C(N)=O)cc(OCCC3CCN(C(=O)OC(C)(C)C)CC3)c2[N+](=O)[O-])cn1. The van der Waals surface area contributed by atoms with Crippen molar-refractivity contribution in [1.82, 2.24) is 24.6 Å². The number of likely N-dealkylation sites (tertiary alicyclic amines) is 1. The van der Waals surface area contributed by atoms with E-state index >= 15 is 0 Å². The second-order valence-electron chi connectivity index (χ2n) is 11.3. The molecular weight excluding hydrogens is 542 g/mol. The third kappa shape index (κ3) is 7.20. The topological polar surface area (TPSA) is 169 Å². The molecule has 0 atom stereocenters. The van der Waals surface area contributed by atoms with Crippen LogP contribution in [0.3, 0.4) is 0 Å². The van der Waals surface area contributed by atoms with E-state index in [0.717, 1.165) is 24.2 Å². The highest BCUT2D eigenvalue weighted by Gasteiger charge is 2.29. The minimum Gasteiger partial charge on any atom is -0.487 e. The zero-order chi connectivity index (χ0) is 30.6. The van der Waals surface area contributed by atoms with Gasteiger partial charge in [-0.25, -0.2) is 14.8 Å². The molecule has 13 nitrogen and oxygen atoms in total. The molecule has 2 N–H and O–H groups in total. The number of piperidine rings is 1. The molecule has 1 aliphatic heterocycles. The molecule has 3 heterocycles. The zero-order valence-electron chi connectivity index (χ0n) is 24.6. The van der Waals surface area contributed by atoms with Gasteiger partial charge in [0, 0.05) is 49.2 Å². The molecule has 0 unspecified atom stereocenters. The monoisotopic (exact) mass is 579 g/mol. The lowest BCUT2D eigenvalue weighted by molar-refractivity contribution is -0.385. The van der Waals surface area contributed by atoms with Crippen LogP contribution in [0.15, 0.2) is 30.6 Å². The van der Waals surface area contributed by atoms with E-state index in [0.29, 0.717) is 37.4 Å². The predicted molar refractivity (Wildman–Crippen MR) is 155 cm³/mol. The van der Waals surface area contributed by atoms with Crippen LogP contribution in [-0.4, -0.2) is 66.9 Å². The molecule has 0 saturated carbocycles. The van der Waals surface area contributed by atoms with Crippen molar-refractivity contribution in [3.8, 4) is 28.4 Å². The van der Waals surface area contributed by atoms with E-state index in [-0.39, 0.29) is 41.2 Å². The average Bonchev–Trinajstić information content (AvgIpc) is 3.32. The van der Waals surface area contributed by atoms with Gasteiger partial charge in [0.25, 0.3) is 0 Å². The van der Waals surface area contributed by atoms with Gasteiger partial charge in [-0.1, -0.05) is 0 Å². The second-order valence-corrected chi connectivity index (χ2v) is 11.3. The number of amides is 2. The highest BCUT2D eigenvalue weighted by atomic mass is 16.6. The summed E-state index contributed by atoms with van der Waals surface area (Å²) in [4.78, 5) is 46.7. The van der Waals surface area contributed by atoms with Crippen molar-refractivity contribution in [1.29, 1.82) is 0 Å². The molecule has 0 radical (unpaired) electrons. The Morgan fingerprint density at radius 3 is 2.38 bits per heavy atom. The second kappa shape index (κ2) is 12.5. The van der Waals surface area contributed by atoms with E-state index in [9.17, 15) is 19.7 Å². The fourth-order valence-electron chi connectivity index (χ4n) is 4.90. The number of rotatable bonds is 9. The number of nitrogens with zero attached hydrogens (tertiary/aromatic N) is 6. The molecular formula is C29H37N7O6. The Bertz CT molecular complexity index is 1450. The lowest BCUT2D eigenvalue weighted by Gasteiger charge is -2.33. The molecule has 0 spiro atoms. The van der Waals surface area contributed by atoms with E-state index in [1.165, 1.54) is 24.5 Å². The van der Waals surface area contributed by atoms with Gasteiger partial charge in [0.05, 0.1) is 22.8 Å². The summed E-state index contributed by atoms with van der Waals surface area (Å²) in [6.45, 7) is 11.3. The van der Waals surface area contributed by atoms with Gasteiger partial charge in [0.15, 0.2) is 11.6 Å². The maximum atomic E-state index is 12.3. The molecule has 0 bridgehead atoms. The third-order valence-corrected chi connectivity index (χ3v) is 6.99. The first-order valence-corrected chi connectivity index (χ1v) is 14.0. The summed E-state index contributed by atoms with van der Waals surface area (Å²) in [5, 5.41) is 16.7. The molecule has 3 aromatic rings. The van der Waals surface area contributed by atoms with Crippen molar-refractivity contribution >= 4 is 17.7 Å². The van der Waals surface area contributed by atoms with Crippen molar-refractivity contribution in [3.63, 3.8) is 0 Å². The number of aryl methyl sites for hydroxylation is 2. The lowest BCUT2D eigenvalue weighted by Crippen LogP contribution is -2.41. The fourth-order valence-corrected chi connectivity index (χ4v) is 4.90. The Labute approximate surface area is 244 Å². The predicted octanol–water partition coefficient (Wildman–Crippen LogP) is 4.76. The fraction of sp³-hybridized carbons (Fsp3) is 0.483. The number of primary amides is 1. The number of nitro groups is 1. The van der Waals surface area contributed by atoms with Gasteiger partial charge in [-0.2, -0.15) is 5.10 Å². The lowest BCUT2D eigenvalue weighted by atomic mass is 9.94. The number of nitrogens with two attached hydrogens (primary N) is 1. The van der Waals surface area contributed by atoms with Crippen molar-refractivity contribution in [3.05, 3.63) is 52.0 Å². The number of benzene rings is 1. The Balaban J connectivity index is 1.51. The van der Waals surface area contributed by atoms with Crippen molar-refractivity contribution in [2.24, 2.45) is 11.7 Å². The van der Waals surface area contributed by atoms with Crippen LogP contribution in [0.2, 0.25) is 0 Å². The molecule has 1 fully saturated rings. The first-order valence-electron chi connectivity index (χ1n) is 14.0. The summed E-state index contributed by atoms with van der Waals surface area (Å²) in [7, 11) is 0. The largest absolute Gasteiger partial charge is 0.487 e. The van der Waals surface area contributed by atoms with Crippen LogP contribution >= 0.6 is 0 Å². The van der Waals surface area contributed by atoms with E-state index in [2.05, 4.69) is 15.1 Å². The molecule has 42 heavy (non-hydrogen) atoms. The normalized spacial score (nSPS) is 14.1. The number of carbonyl (C=O) groups excluding carboxylic acids is 2. The van der Waals surface area contributed by atoms with Crippen LogP contribution in [0.1, 0.15) is 63.0 Å². The van der Waals surface area contributed by atoms with E-state index in [4.69, 9.17) is 15.2 Å². The number of ether oxygens (including phenoxy) is 2. The Hall–Kier alpha value is -4.55. The minimum absolute atomic E-state index is 0.0544. The van der Waals surface area contributed by atoms with Gasteiger partial charge in [-0.15, -0.1) is 0 Å². The van der Waals surface area contributed by atoms with E-state index in [1.807, 2.05) is 40.7 Å².